The van der Waals surface area contributed by atoms with Gasteiger partial charge in [-0.1, -0.05) is 36.4 Å². The van der Waals surface area contributed by atoms with E-state index in [0.29, 0.717) is 25.0 Å². The number of aryl methyl sites for hydroxylation is 1. The fourth-order valence-electron chi connectivity index (χ4n) is 3.28. The minimum absolute atomic E-state index is 0.0662. The molecule has 2 aromatic carbocycles. The van der Waals surface area contributed by atoms with Crippen molar-refractivity contribution in [3.05, 3.63) is 94.5 Å². The molecule has 0 aliphatic carbocycles. The van der Waals surface area contributed by atoms with Crippen LogP contribution in [0.5, 0.6) is 0 Å². The lowest BCUT2D eigenvalue weighted by molar-refractivity contribution is -0.121. The standard InChI is InChI=1S/C22H21N5O2/c28-21-15-25-27(20-9-4-3-8-19(20)21)13-10-22(29)23-14-17-6-1-2-7-18(17)16-26-12-5-11-24-26/h1-9,11-12,15H,10,13-14,16H2,(H,23,29). The van der Waals surface area contributed by atoms with E-state index >= 15 is 0 Å². The highest BCUT2D eigenvalue weighted by Crippen LogP contribution is 2.11. The van der Waals surface area contributed by atoms with E-state index in [0.717, 1.165) is 16.6 Å². The first kappa shape index (κ1) is 18.6. The summed E-state index contributed by atoms with van der Waals surface area (Å²) in [5.74, 6) is -0.0662. The van der Waals surface area contributed by atoms with E-state index < -0.39 is 0 Å². The maximum atomic E-state index is 12.4. The maximum Gasteiger partial charge on any atom is 0.222 e. The van der Waals surface area contributed by atoms with Crippen LogP contribution in [0.2, 0.25) is 0 Å². The van der Waals surface area contributed by atoms with Gasteiger partial charge in [0.05, 0.1) is 24.8 Å². The zero-order valence-electron chi connectivity index (χ0n) is 15.9. The SMILES string of the molecule is O=C(CCn1ncc(=O)c2ccccc21)NCc1ccccc1Cn1cccn1. The summed E-state index contributed by atoms with van der Waals surface area (Å²) in [7, 11) is 0. The average Bonchev–Trinajstić information content (AvgIpc) is 3.26. The third kappa shape index (κ3) is 4.40. The van der Waals surface area contributed by atoms with Gasteiger partial charge in [0.15, 0.2) is 0 Å². The normalized spacial score (nSPS) is 10.9. The van der Waals surface area contributed by atoms with Crippen LogP contribution in [0.4, 0.5) is 0 Å². The summed E-state index contributed by atoms with van der Waals surface area (Å²) in [5, 5.41) is 12.0. The average molecular weight is 387 g/mol. The predicted octanol–water partition coefficient (Wildman–Crippen LogP) is 2.35. The van der Waals surface area contributed by atoms with Crippen molar-refractivity contribution in [3.8, 4) is 0 Å². The van der Waals surface area contributed by atoms with Gasteiger partial charge < -0.3 is 5.32 Å². The van der Waals surface area contributed by atoms with Crippen LogP contribution in [0.15, 0.2) is 78.0 Å². The molecule has 2 aromatic heterocycles. The van der Waals surface area contributed by atoms with E-state index in [4.69, 9.17) is 0 Å². The molecule has 7 nitrogen and oxygen atoms in total. The third-order valence-electron chi connectivity index (χ3n) is 4.80. The van der Waals surface area contributed by atoms with Gasteiger partial charge in [0.2, 0.25) is 11.3 Å². The summed E-state index contributed by atoms with van der Waals surface area (Å²) < 4.78 is 3.55. The number of para-hydroxylation sites is 1. The first-order valence-corrected chi connectivity index (χ1v) is 9.46. The lowest BCUT2D eigenvalue weighted by atomic mass is 10.1. The summed E-state index contributed by atoms with van der Waals surface area (Å²) in [6.45, 7) is 1.52. The van der Waals surface area contributed by atoms with Crippen LogP contribution < -0.4 is 10.7 Å². The van der Waals surface area contributed by atoms with Gasteiger partial charge in [-0.3, -0.25) is 19.0 Å². The fraction of sp³-hybridized carbons (Fsp3) is 0.182. The van der Waals surface area contributed by atoms with Crippen LogP contribution in [0.1, 0.15) is 17.5 Å². The Bertz CT molecular complexity index is 1180. The predicted molar refractivity (Wildman–Crippen MR) is 110 cm³/mol. The van der Waals surface area contributed by atoms with E-state index in [1.54, 1.807) is 16.9 Å². The lowest BCUT2D eigenvalue weighted by Gasteiger charge is -2.12. The van der Waals surface area contributed by atoms with Crippen molar-refractivity contribution < 1.29 is 4.79 Å². The highest BCUT2D eigenvalue weighted by molar-refractivity contribution is 5.79. The number of hydrogen-bond donors (Lipinski definition) is 1. The number of rotatable bonds is 7. The second-order valence-electron chi connectivity index (χ2n) is 6.75. The minimum atomic E-state index is -0.116. The van der Waals surface area contributed by atoms with E-state index in [-0.39, 0.29) is 17.8 Å². The summed E-state index contributed by atoms with van der Waals surface area (Å²) >= 11 is 0. The summed E-state index contributed by atoms with van der Waals surface area (Å²) in [6, 6.07) is 17.2. The minimum Gasteiger partial charge on any atom is -0.352 e. The lowest BCUT2D eigenvalue weighted by Crippen LogP contribution is -2.25. The molecule has 29 heavy (non-hydrogen) atoms. The van der Waals surface area contributed by atoms with Gasteiger partial charge in [-0.2, -0.15) is 10.2 Å². The summed E-state index contributed by atoms with van der Waals surface area (Å²) in [5.41, 5.74) is 2.79. The molecule has 4 rings (SSSR count). The zero-order valence-corrected chi connectivity index (χ0v) is 15.9. The van der Waals surface area contributed by atoms with Gasteiger partial charge in [-0.15, -0.1) is 0 Å². The quantitative estimate of drug-likeness (QED) is 0.528. The number of hydrogen-bond acceptors (Lipinski definition) is 4. The van der Waals surface area contributed by atoms with Crippen molar-refractivity contribution in [2.24, 2.45) is 0 Å². The Hall–Kier alpha value is -3.74. The molecule has 146 valence electrons. The third-order valence-corrected chi connectivity index (χ3v) is 4.80. The molecule has 0 aliphatic rings. The van der Waals surface area contributed by atoms with Crippen molar-refractivity contribution in [1.29, 1.82) is 0 Å². The highest BCUT2D eigenvalue weighted by atomic mass is 16.1. The Labute approximate surface area is 167 Å². The van der Waals surface area contributed by atoms with Crippen molar-refractivity contribution in [3.63, 3.8) is 0 Å². The fourth-order valence-corrected chi connectivity index (χ4v) is 3.28. The number of nitrogens with zero attached hydrogens (tertiary/aromatic N) is 4. The Balaban J connectivity index is 1.38. The Morgan fingerprint density at radius 2 is 1.76 bits per heavy atom. The summed E-state index contributed by atoms with van der Waals surface area (Å²) in [6.07, 6.45) is 5.24. The second kappa shape index (κ2) is 8.52. The first-order valence-electron chi connectivity index (χ1n) is 9.46. The monoisotopic (exact) mass is 387 g/mol. The topological polar surface area (TPSA) is 81.8 Å². The Morgan fingerprint density at radius 3 is 2.59 bits per heavy atom. The van der Waals surface area contributed by atoms with Crippen molar-refractivity contribution >= 4 is 16.8 Å². The second-order valence-corrected chi connectivity index (χ2v) is 6.75. The van der Waals surface area contributed by atoms with Gasteiger partial charge in [0, 0.05) is 30.7 Å². The van der Waals surface area contributed by atoms with Crippen molar-refractivity contribution in [1.82, 2.24) is 24.9 Å². The number of amides is 1. The Kier molecular flexibility index (Phi) is 5.47. The van der Waals surface area contributed by atoms with Crippen LogP contribution in [0.3, 0.4) is 0 Å². The molecule has 0 unspecified atom stereocenters. The molecule has 0 saturated heterocycles. The maximum absolute atomic E-state index is 12.4. The number of carbonyl (C=O) groups excluding carboxylic acids is 1. The molecule has 1 amide bonds. The zero-order chi connectivity index (χ0) is 20.1. The molecule has 7 heteroatoms. The van der Waals surface area contributed by atoms with Gasteiger partial charge in [-0.25, -0.2) is 0 Å². The van der Waals surface area contributed by atoms with E-state index in [2.05, 4.69) is 15.5 Å². The molecule has 1 N–H and O–H groups in total. The van der Waals surface area contributed by atoms with Crippen LogP contribution in [-0.4, -0.2) is 25.5 Å². The summed E-state index contributed by atoms with van der Waals surface area (Å²) in [4.78, 5) is 24.3. The molecule has 0 spiro atoms. The number of carbonyl (C=O) groups is 1. The number of aromatic nitrogens is 4. The molecular formula is C22H21N5O2. The van der Waals surface area contributed by atoms with E-state index in [1.807, 2.05) is 59.4 Å². The van der Waals surface area contributed by atoms with Gasteiger partial charge in [0.25, 0.3) is 0 Å². The molecule has 2 heterocycles. The molecule has 4 aromatic rings. The number of nitrogens with one attached hydrogen (secondary N) is 1. The van der Waals surface area contributed by atoms with Crippen molar-refractivity contribution in [2.75, 3.05) is 0 Å². The smallest absolute Gasteiger partial charge is 0.222 e. The first-order chi connectivity index (χ1) is 14.2. The molecule has 0 bridgehead atoms. The number of fused-ring (bicyclic) bond motifs is 1. The van der Waals surface area contributed by atoms with E-state index in [1.165, 1.54) is 6.20 Å². The van der Waals surface area contributed by atoms with Crippen molar-refractivity contribution in [2.45, 2.75) is 26.1 Å². The van der Waals surface area contributed by atoms with E-state index in [9.17, 15) is 9.59 Å². The van der Waals surface area contributed by atoms with Crippen LogP contribution in [0.25, 0.3) is 10.9 Å². The van der Waals surface area contributed by atoms with Gasteiger partial charge >= 0.3 is 0 Å². The molecule has 0 fully saturated rings. The van der Waals surface area contributed by atoms with Gasteiger partial charge in [-0.05, 0) is 29.3 Å². The number of benzene rings is 2. The Morgan fingerprint density at radius 1 is 0.966 bits per heavy atom. The molecule has 0 aliphatic heterocycles. The highest BCUT2D eigenvalue weighted by Gasteiger charge is 2.08. The molecule has 0 saturated carbocycles. The van der Waals surface area contributed by atoms with Crippen LogP contribution >= 0.6 is 0 Å². The van der Waals surface area contributed by atoms with Crippen LogP contribution in [-0.2, 0) is 24.4 Å². The molecule has 0 atom stereocenters. The van der Waals surface area contributed by atoms with Crippen LogP contribution in [0, 0.1) is 0 Å². The van der Waals surface area contributed by atoms with Gasteiger partial charge in [0.1, 0.15) is 0 Å². The molecule has 0 radical (unpaired) electrons. The largest absolute Gasteiger partial charge is 0.352 e. The molecular weight excluding hydrogens is 366 g/mol.